The first-order chi connectivity index (χ1) is 7.83. The number of alkyl halides is 3. The highest BCUT2D eigenvalue weighted by Gasteiger charge is 2.29. The second-order valence-electron chi connectivity index (χ2n) is 3.80. The van der Waals surface area contributed by atoms with Crippen molar-refractivity contribution in [1.82, 2.24) is 10.3 Å². The fourth-order valence-electron chi connectivity index (χ4n) is 1.29. The van der Waals surface area contributed by atoms with Crippen LogP contribution < -0.4 is 10.1 Å². The number of hydrogen-bond acceptors (Lipinski definition) is 3. The second kappa shape index (κ2) is 6.80. The van der Waals surface area contributed by atoms with Gasteiger partial charge in [0.15, 0.2) is 6.61 Å². The molecule has 0 spiro atoms. The first kappa shape index (κ1) is 17.0. The fourth-order valence-corrected chi connectivity index (χ4v) is 1.29. The SMILES string of the molecule is CNC(C)c1cnc(OCC(F)(F)F)c(C)c1.Cl. The molecule has 0 amide bonds. The van der Waals surface area contributed by atoms with Gasteiger partial charge in [0.25, 0.3) is 0 Å². The molecular formula is C11H16ClF3N2O. The van der Waals surface area contributed by atoms with Gasteiger partial charge in [0.2, 0.25) is 5.88 Å². The van der Waals surface area contributed by atoms with E-state index in [-0.39, 0.29) is 24.3 Å². The molecule has 0 radical (unpaired) electrons. The van der Waals surface area contributed by atoms with Crippen molar-refractivity contribution in [2.45, 2.75) is 26.1 Å². The molecule has 18 heavy (non-hydrogen) atoms. The lowest BCUT2D eigenvalue weighted by Gasteiger charge is -2.14. The molecule has 0 aliphatic carbocycles. The topological polar surface area (TPSA) is 34.2 Å². The summed E-state index contributed by atoms with van der Waals surface area (Å²) < 4.78 is 40.5. The van der Waals surface area contributed by atoms with E-state index >= 15 is 0 Å². The Kier molecular flexibility index (Phi) is 6.42. The van der Waals surface area contributed by atoms with Gasteiger partial charge in [0, 0.05) is 17.8 Å². The van der Waals surface area contributed by atoms with Crippen molar-refractivity contribution in [3.05, 3.63) is 23.4 Å². The first-order valence-corrected chi connectivity index (χ1v) is 5.17. The molecule has 0 aromatic carbocycles. The van der Waals surface area contributed by atoms with Gasteiger partial charge in [-0.05, 0) is 32.5 Å². The van der Waals surface area contributed by atoms with Gasteiger partial charge in [0.05, 0.1) is 0 Å². The molecule has 1 aromatic rings. The van der Waals surface area contributed by atoms with E-state index in [4.69, 9.17) is 0 Å². The number of nitrogens with zero attached hydrogens (tertiary/aromatic N) is 1. The fraction of sp³-hybridized carbons (Fsp3) is 0.545. The van der Waals surface area contributed by atoms with Gasteiger partial charge in [-0.25, -0.2) is 4.98 Å². The van der Waals surface area contributed by atoms with Crippen molar-refractivity contribution in [2.24, 2.45) is 0 Å². The molecule has 1 unspecified atom stereocenters. The number of nitrogens with one attached hydrogen (secondary N) is 1. The van der Waals surface area contributed by atoms with E-state index in [0.29, 0.717) is 5.56 Å². The Bertz CT molecular complexity index is 385. The lowest BCUT2D eigenvalue weighted by atomic mass is 10.1. The minimum absolute atomic E-state index is 0. The maximum absolute atomic E-state index is 12.0. The van der Waals surface area contributed by atoms with Gasteiger partial charge in [-0.1, -0.05) is 0 Å². The van der Waals surface area contributed by atoms with Crippen molar-refractivity contribution in [3.63, 3.8) is 0 Å². The number of ether oxygens (including phenoxy) is 1. The Morgan fingerprint density at radius 2 is 2.06 bits per heavy atom. The van der Waals surface area contributed by atoms with Crippen molar-refractivity contribution < 1.29 is 17.9 Å². The maximum Gasteiger partial charge on any atom is 0.422 e. The third-order valence-corrected chi connectivity index (χ3v) is 2.36. The van der Waals surface area contributed by atoms with Crippen LogP contribution in [-0.2, 0) is 0 Å². The lowest BCUT2D eigenvalue weighted by molar-refractivity contribution is -0.154. The molecule has 3 nitrogen and oxygen atoms in total. The summed E-state index contributed by atoms with van der Waals surface area (Å²) in [5, 5.41) is 3.02. The van der Waals surface area contributed by atoms with Crippen LogP contribution in [0, 0.1) is 6.92 Å². The van der Waals surface area contributed by atoms with Crippen molar-refractivity contribution in [3.8, 4) is 5.88 Å². The Morgan fingerprint density at radius 1 is 1.44 bits per heavy atom. The van der Waals surface area contributed by atoms with Crippen LogP contribution in [0.25, 0.3) is 0 Å². The zero-order valence-electron chi connectivity index (χ0n) is 10.3. The number of aryl methyl sites for hydroxylation is 1. The zero-order chi connectivity index (χ0) is 13.1. The molecule has 0 aliphatic heterocycles. The average Bonchev–Trinajstić information content (AvgIpc) is 2.25. The molecule has 1 N–H and O–H groups in total. The number of pyridine rings is 1. The Hall–Kier alpha value is -1.01. The van der Waals surface area contributed by atoms with Crippen molar-refractivity contribution in [2.75, 3.05) is 13.7 Å². The molecule has 7 heteroatoms. The molecule has 1 aromatic heterocycles. The number of halogens is 4. The Morgan fingerprint density at radius 3 is 2.50 bits per heavy atom. The minimum Gasteiger partial charge on any atom is -0.468 e. The summed E-state index contributed by atoms with van der Waals surface area (Å²) in [4.78, 5) is 3.89. The quantitative estimate of drug-likeness (QED) is 0.923. The van der Waals surface area contributed by atoms with Gasteiger partial charge in [-0.15, -0.1) is 12.4 Å². The lowest BCUT2D eigenvalue weighted by Crippen LogP contribution is -2.20. The molecule has 1 heterocycles. The molecule has 0 fully saturated rings. The third-order valence-electron chi connectivity index (χ3n) is 2.36. The van der Waals surface area contributed by atoms with Crippen LogP contribution in [0.5, 0.6) is 5.88 Å². The van der Waals surface area contributed by atoms with E-state index < -0.39 is 12.8 Å². The van der Waals surface area contributed by atoms with Gasteiger partial charge in [-0.3, -0.25) is 0 Å². The van der Waals surface area contributed by atoms with Gasteiger partial charge in [0.1, 0.15) is 0 Å². The maximum atomic E-state index is 12.0. The molecule has 104 valence electrons. The Balaban J connectivity index is 0.00000289. The zero-order valence-corrected chi connectivity index (χ0v) is 11.2. The normalized spacial score (nSPS) is 12.8. The molecular weight excluding hydrogens is 269 g/mol. The molecule has 1 rings (SSSR count). The molecule has 0 aliphatic rings. The standard InChI is InChI=1S/C11H15F3N2O.ClH/c1-7-4-9(8(2)15-3)5-16-10(7)17-6-11(12,13)14;/h4-5,8,15H,6H2,1-3H3;1H. The van der Waals surface area contributed by atoms with Crippen LogP contribution in [0.2, 0.25) is 0 Å². The van der Waals surface area contributed by atoms with Crippen LogP contribution in [0.15, 0.2) is 12.3 Å². The van der Waals surface area contributed by atoms with E-state index in [2.05, 4.69) is 15.0 Å². The predicted molar refractivity (Wildman–Crippen MR) is 65.2 cm³/mol. The minimum atomic E-state index is -4.34. The number of aromatic nitrogens is 1. The van der Waals surface area contributed by atoms with Crippen LogP contribution in [0.4, 0.5) is 13.2 Å². The van der Waals surface area contributed by atoms with E-state index in [1.54, 1.807) is 20.0 Å². The summed E-state index contributed by atoms with van der Waals surface area (Å²) >= 11 is 0. The summed E-state index contributed by atoms with van der Waals surface area (Å²) in [6, 6.07) is 1.86. The predicted octanol–water partition coefficient (Wildman–Crippen LogP) is 3.03. The summed E-state index contributed by atoms with van der Waals surface area (Å²) in [5.41, 5.74) is 1.50. The highest BCUT2D eigenvalue weighted by molar-refractivity contribution is 5.85. The van der Waals surface area contributed by atoms with Crippen LogP contribution in [-0.4, -0.2) is 24.8 Å². The smallest absolute Gasteiger partial charge is 0.422 e. The van der Waals surface area contributed by atoms with E-state index in [1.807, 2.05) is 6.92 Å². The number of hydrogen-bond donors (Lipinski definition) is 1. The van der Waals surface area contributed by atoms with Crippen molar-refractivity contribution >= 4 is 12.4 Å². The van der Waals surface area contributed by atoms with Crippen LogP contribution in [0.3, 0.4) is 0 Å². The summed E-state index contributed by atoms with van der Waals surface area (Å²) in [5.74, 6) is 0.0226. The summed E-state index contributed by atoms with van der Waals surface area (Å²) in [7, 11) is 1.80. The second-order valence-corrected chi connectivity index (χ2v) is 3.80. The molecule has 0 saturated carbocycles. The molecule has 1 atom stereocenters. The van der Waals surface area contributed by atoms with E-state index in [9.17, 15) is 13.2 Å². The average molecular weight is 285 g/mol. The monoisotopic (exact) mass is 284 g/mol. The molecule has 0 saturated heterocycles. The Labute approximate surface area is 110 Å². The van der Waals surface area contributed by atoms with Crippen molar-refractivity contribution in [1.29, 1.82) is 0 Å². The van der Waals surface area contributed by atoms with Gasteiger partial charge < -0.3 is 10.1 Å². The van der Waals surface area contributed by atoms with Gasteiger partial charge in [-0.2, -0.15) is 13.2 Å². The van der Waals surface area contributed by atoms with E-state index in [0.717, 1.165) is 5.56 Å². The summed E-state index contributed by atoms with van der Waals surface area (Å²) in [6.45, 7) is 2.29. The van der Waals surface area contributed by atoms with Crippen LogP contribution >= 0.6 is 12.4 Å². The number of rotatable bonds is 4. The van der Waals surface area contributed by atoms with Gasteiger partial charge >= 0.3 is 6.18 Å². The third kappa shape index (κ3) is 5.10. The highest BCUT2D eigenvalue weighted by Crippen LogP contribution is 2.22. The largest absolute Gasteiger partial charge is 0.468 e. The van der Waals surface area contributed by atoms with E-state index in [1.165, 1.54) is 6.20 Å². The molecule has 0 bridgehead atoms. The van der Waals surface area contributed by atoms with Crippen LogP contribution in [0.1, 0.15) is 24.1 Å². The first-order valence-electron chi connectivity index (χ1n) is 5.17. The highest BCUT2D eigenvalue weighted by atomic mass is 35.5. The summed E-state index contributed by atoms with van der Waals surface area (Å²) in [6.07, 6.45) is -2.83.